The van der Waals surface area contributed by atoms with Crippen molar-refractivity contribution >= 4 is 21.8 Å². The molecule has 0 unspecified atom stereocenters. The number of amides is 1. The first-order valence-electron chi connectivity index (χ1n) is 9.35. The van der Waals surface area contributed by atoms with E-state index < -0.39 is 21.9 Å². The molecule has 162 valence electrons. The number of halogens is 1. The van der Waals surface area contributed by atoms with Crippen LogP contribution in [0.25, 0.3) is 0 Å². The van der Waals surface area contributed by atoms with Gasteiger partial charge in [-0.2, -0.15) is 17.0 Å². The lowest BCUT2D eigenvalue weighted by molar-refractivity contribution is -0.116. The molecule has 1 amide bonds. The molecule has 1 heterocycles. The lowest BCUT2D eigenvalue weighted by atomic mass is 10.2. The number of nitrogens with zero attached hydrogens (tertiary/aromatic N) is 2. The number of rotatable bonds is 7. The number of benzene rings is 2. The summed E-state index contributed by atoms with van der Waals surface area (Å²) in [6.45, 7) is 0.0627. The number of hydrogen-bond donors (Lipinski definition) is 1. The first kappa shape index (κ1) is 22.0. The van der Waals surface area contributed by atoms with E-state index in [1.165, 1.54) is 24.6 Å². The lowest BCUT2D eigenvalue weighted by Gasteiger charge is -2.34. The maximum Gasteiger partial charge on any atom is 0.282 e. The van der Waals surface area contributed by atoms with Gasteiger partial charge in [0.15, 0.2) is 11.5 Å². The summed E-state index contributed by atoms with van der Waals surface area (Å²) in [4.78, 5) is 12.5. The van der Waals surface area contributed by atoms with Crippen molar-refractivity contribution in [3.63, 3.8) is 0 Å². The normalized spacial score (nSPS) is 16.8. The van der Waals surface area contributed by atoms with Gasteiger partial charge in [0, 0.05) is 37.0 Å². The third-order valence-electron chi connectivity index (χ3n) is 4.76. The van der Waals surface area contributed by atoms with Crippen LogP contribution >= 0.6 is 0 Å². The fraction of sp³-hybridized carbons (Fsp3) is 0.350. The zero-order valence-corrected chi connectivity index (χ0v) is 17.6. The molecule has 0 aromatic heterocycles. The van der Waals surface area contributed by atoms with Crippen LogP contribution in [0.1, 0.15) is 12.0 Å². The van der Waals surface area contributed by atoms with Crippen molar-refractivity contribution in [2.24, 2.45) is 0 Å². The Hall–Kier alpha value is -2.69. The van der Waals surface area contributed by atoms with E-state index in [4.69, 9.17) is 9.47 Å². The maximum absolute atomic E-state index is 13.9. The highest BCUT2D eigenvalue weighted by Gasteiger charge is 2.35. The molecule has 8 nitrogen and oxygen atoms in total. The third-order valence-corrected chi connectivity index (χ3v) is 6.69. The Labute approximate surface area is 175 Å². The Bertz CT molecular complexity index is 1020. The molecule has 1 fully saturated rings. The van der Waals surface area contributed by atoms with Gasteiger partial charge in [-0.15, -0.1) is 0 Å². The number of methoxy groups -OCH3 is 2. The molecule has 3 rings (SSSR count). The van der Waals surface area contributed by atoms with Gasteiger partial charge in [0.05, 0.1) is 20.8 Å². The first-order valence-corrected chi connectivity index (χ1v) is 10.8. The van der Waals surface area contributed by atoms with Crippen molar-refractivity contribution in [1.29, 1.82) is 0 Å². The monoisotopic (exact) mass is 437 g/mol. The van der Waals surface area contributed by atoms with Crippen LogP contribution in [0.4, 0.5) is 10.1 Å². The second kappa shape index (κ2) is 9.41. The minimum absolute atomic E-state index is 0.0806. The molecule has 1 aliphatic heterocycles. The van der Waals surface area contributed by atoms with Crippen LogP contribution in [0, 0.1) is 5.82 Å². The van der Waals surface area contributed by atoms with Gasteiger partial charge in [0.2, 0.25) is 5.91 Å². The van der Waals surface area contributed by atoms with Crippen molar-refractivity contribution in [2.75, 3.05) is 39.2 Å². The Morgan fingerprint density at radius 3 is 2.47 bits per heavy atom. The molecule has 1 saturated heterocycles. The number of nitrogens with one attached hydrogen (secondary N) is 1. The summed E-state index contributed by atoms with van der Waals surface area (Å²) < 4.78 is 52.4. The minimum Gasteiger partial charge on any atom is -0.493 e. The van der Waals surface area contributed by atoms with Gasteiger partial charge in [-0.05, 0) is 24.6 Å². The topological polar surface area (TPSA) is 88.2 Å². The minimum atomic E-state index is -3.90. The van der Waals surface area contributed by atoms with Crippen LogP contribution in [0.5, 0.6) is 11.5 Å². The third kappa shape index (κ3) is 4.89. The summed E-state index contributed by atoms with van der Waals surface area (Å²) in [5, 5.41) is 2.67. The van der Waals surface area contributed by atoms with Crippen molar-refractivity contribution in [1.82, 2.24) is 8.61 Å². The molecule has 0 aliphatic carbocycles. The summed E-state index contributed by atoms with van der Waals surface area (Å²) in [7, 11) is -0.911. The highest BCUT2D eigenvalue weighted by atomic mass is 32.2. The van der Waals surface area contributed by atoms with Crippen LogP contribution in [0.3, 0.4) is 0 Å². The zero-order valence-electron chi connectivity index (χ0n) is 16.8. The van der Waals surface area contributed by atoms with E-state index in [9.17, 15) is 17.6 Å². The van der Waals surface area contributed by atoms with E-state index in [1.54, 1.807) is 36.4 Å². The molecule has 10 heteroatoms. The molecule has 1 aliphatic rings. The molecule has 2 aromatic rings. The maximum atomic E-state index is 13.9. The van der Waals surface area contributed by atoms with Gasteiger partial charge in [0.25, 0.3) is 10.2 Å². The highest BCUT2D eigenvalue weighted by Crippen LogP contribution is 2.29. The Morgan fingerprint density at radius 1 is 1.07 bits per heavy atom. The predicted octanol–water partition coefficient (Wildman–Crippen LogP) is 2.23. The summed E-state index contributed by atoms with van der Waals surface area (Å²) in [5.41, 5.74) is 0.743. The van der Waals surface area contributed by atoms with Crippen molar-refractivity contribution in [3.05, 3.63) is 53.8 Å². The predicted molar refractivity (Wildman–Crippen MR) is 110 cm³/mol. The number of ether oxygens (including phenoxy) is 2. The van der Waals surface area contributed by atoms with Gasteiger partial charge in [0.1, 0.15) is 5.82 Å². The van der Waals surface area contributed by atoms with Crippen LogP contribution in [0.15, 0.2) is 42.5 Å². The summed E-state index contributed by atoms with van der Waals surface area (Å²) >= 11 is 0. The SMILES string of the molecule is COc1ccc(NC(=O)CN2CCCN(Cc3ccccc3F)S2(=O)=O)cc1OC. The second-order valence-electron chi connectivity index (χ2n) is 6.74. The quantitative estimate of drug-likeness (QED) is 0.718. The highest BCUT2D eigenvalue weighted by molar-refractivity contribution is 7.86. The van der Waals surface area contributed by atoms with Crippen LogP contribution in [-0.4, -0.2) is 56.8 Å². The van der Waals surface area contributed by atoms with Crippen molar-refractivity contribution in [3.8, 4) is 11.5 Å². The lowest BCUT2D eigenvalue weighted by Crippen LogP contribution is -2.51. The molecule has 0 radical (unpaired) electrons. The van der Waals surface area contributed by atoms with Crippen LogP contribution in [-0.2, 0) is 21.5 Å². The van der Waals surface area contributed by atoms with Gasteiger partial charge in [-0.3, -0.25) is 4.79 Å². The smallest absolute Gasteiger partial charge is 0.282 e. The van der Waals surface area contributed by atoms with Gasteiger partial charge in [-0.1, -0.05) is 18.2 Å². The van der Waals surface area contributed by atoms with Crippen molar-refractivity contribution in [2.45, 2.75) is 13.0 Å². The average Bonchev–Trinajstić information content (AvgIpc) is 2.72. The van der Waals surface area contributed by atoms with Crippen LogP contribution in [0.2, 0.25) is 0 Å². The molecule has 0 saturated carbocycles. The van der Waals surface area contributed by atoms with E-state index in [0.29, 0.717) is 23.6 Å². The number of carbonyl (C=O) groups is 1. The molecule has 30 heavy (non-hydrogen) atoms. The van der Waals surface area contributed by atoms with Crippen LogP contribution < -0.4 is 14.8 Å². The van der Waals surface area contributed by atoms with E-state index in [1.807, 2.05) is 0 Å². The fourth-order valence-corrected chi connectivity index (χ4v) is 4.86. The summed E-state index contributed by atoms with van der Waals surface area (Å²) in [5.74, 6) is 0.00408. The standard InChI is InChI=1S/C20H24FN3O5S/c1-28-18-9-8-16(12-19(18)29-2)22-20(25)14-24-11-5-10-23(30(24,26)27)13-15-6-3-4-7-17(15)21/h3-4,6-9,12H,5,10-11,13-14H2,1-2H3,(H,22,25). The fourth-order valence-electron chi connectivity index (χ4n) is 3.23. The molecular weight excluding hydrogens is 413 g/mol. The number of anilines is 1. The van der Waals surface area contributed by atoms with Gasteiger partial charge in [-0.25, -0.2) is 4.39 Å². The molecule has 2 aromatic carbocycles. The molecule has 1 N–H and O–H groups in total. The molecule has 0 spiro atoms. The largest absolute Gasteiger partial charge is 0.493 e. The molecular formula is C20H24FN3O5S. The first-order chi connectivity index (χ1) is 14.3. The second-order valence-corrected chi connectivity index (χ2v) is 8.67. The van der Waals surface area contributed by atoms with E-state index in [2.05, 4.69) is 5.32 Å². The van der Waals surface area contributed by atoms with Gasteiger partial charge >= 0.3 is 0 Å². The number of hydrogen-bond acceptors (Lipinski definition) is 5. The average molecular weight is 437 g/mol. The van der Waals surface area contributed by atoms with Gasteiger partial charge < -0.3 is 14.8 Å². The zero-order chi connectivity index (χ0) is 21.7. The summed E-state index contributed by atoms with van der Waals surface area (Å²) in [6, 6.07) is 10.9. The summed E-state index contributed by atoms with van der Waals surface area (Å²) in [6.07, 6.45) is 0.539. The Balaban J connectivity index is 1.68. The van der Waals surface area contributed by atoms with E-state index in [-0.39, 0.29) is 31.7 Å². The molecule has 0 atom stereocenters. The Kier molecular flexibility index (Phi) is 6.91. The van der Waals surface area contributed by atoms with E-state index >= 15 is 0 Å². The number of carbonyl (C=O) groups excluding carboxylic acids is 1. The Morgan fingerprint density at radius 2 is 1.77 bits per heavy atom. The van der Waals surface area contributed by atoms with Crippen molar-refractivity contribution < 1.29 is 27.1 Å². The molecule has 0 bridgehead atoms. The van der Waals surface area contributed by atoms with E-state index in [0.717, 1.165) is 4.31 Å².